The van der Waals surface area contributed by atoms with Gasteiger partial charge in [-0.25, -0.2) is 0 Å². The third kappa shape index (κ3) is 6.65. The molecule has 0 aliphatic rings. The van der Waals surface area contributed by atoms with Crippen LogP contribution in [0.15, 0.2) is 0 Å². The first-order valence-corrected chi connectivity index (χ1v) is 3.51. The summed E-state index contributed by atoms with van der Waals surface area (Å²) in [5.41, 5.74) is 10.9. The van der Waals surface area contributed by atoms with E-state index in [1.54, 1.807) is 22.6 Å². The highest BCUT2D eigenvalue weighted by molar-refractivity contribution is 4.55. The molecule has 0 spiro atoms. The topological polar surface area (TPSA) is 52.0 Å². The van der Waals surface area contributed by atoms with Crippen molar-refractivity contribution in [3.8, 4) is 0 Å². The maximum atomic E-state index is 5.43. The molecule has 0 aromatic heterocycles. The Morgan fingerprint density at radius 3 is 2.00 bits per heavy atom. The number of halogens is 1. The van der Waals surface area contributed by atoms with Crippen molar-refractivity contribution in [1.29, 1.82) is 0 Å². The van der Waals surface area contributed by atoms with E-state index in [0.717, 1.165) is 12.8 Å². The first kappa shape index (κ1) is 7.65. The Hall–Kier alpha value is 0.650. The Bertz CT molecular complexity index is 48.1. The molecule has 0 bridgehead atoms. The fraction of sp³-hybridized carbons (Fsp3) is 1.00. The molecule has 0 aliphatic carbocycles. The summed E-state index contributed by atoms with van der Waals surface area (Å²) in [6.07, 6.45) is 1.96. The van der Waals surface area contributed by atoms with Gasteiger partial charge in [0, 0.05) is 6.42 Å². The van der Waals surface area contributed by atoms with Crippen molar-refractivity contribution in [1.82, 2.24) is 0 Å². The van der Waals surface area contributed by atoms with Crippen molar-refractivity contribution in [3.05, 3.63) is 0 Å². The average molecular weight is 215 g/mol. The third-order valence-electron chi connectivity index (χ3n) is 0.641. The number of rotatable bonds is 2. The predicted molar refractivity (Wildman–Crippen MR) is 27.4 cm³/mol. The van der Waals surface area contributed by atoms with E-state index < -0.39 is 3.67 Å². The standard InChI is InChI=1S/C4H12IN2/c1-2-3-4(5,6)7/h5H,2-3,6-7H2,1H3/q+1. The van der Waals surface area contributed by atoms with Gasteiger partial charge in [0.25, 0.3) is 26.3 Å². The van der Waals surface area contributed by atoms with Gasteiger partial charge in [-0.15, -0.1) is 0 Å². The summed E-state index contributed by atoms with van der Waals surface area (Å²) >= 11 is 1.76. The molecular formula is C4H12IN2+. The lowest BCUT2D eigenvalue weighted by Crippen LogP contribution is -3.46. The third-order valence-corrected chi connectivity index (χ3v) is 1.22. The second-order valence-electron chi connectivity index (χ2n) is 1.70. The van der Waals surface area contributed by atoms with Crippen LogP contribution in [-0.4, -0.2) is 3.67 Å². The lowest BCUT2D eigenvalue weighted by Gasteiger charge is -2.03. The van der Waals surface area contributed by atoms with E-state index in [1.807, 2.05) is 0 Å². The Morgan fingerprint density at radius 2 is 2.00 bits per heavy atom. The van der Waals surface area contributed by atoms with Crippen molar-refractivity contribution in [3.63, 3.8) is 0 Å². The molecule has 0 saturated carbocycles. The maximum absolute atomic E-state index is 5.43. The largest absolute Gasteiger partial charge is 0.294 e. The van der Waals surface area contributed by atoms with Crippen LogP contribution in [0, 0.1) is 0 Å². The SMILES string of the molecule is CCCC(N)(N)[IH+]. The van der Waals surface area contributed by atoms with Crippen molar-refractivity contribution in [2.45, 2.75) is 23.4 Å². The van der Waals surface area contributed by atoms with Gasteiger partial charge in [-0.05, 0) is 6.42 Å². The van der Waals surface area contributed by atoms with Gasteiger partial charge in [0.2, 0.25) is 0 Å². The van der Waals surface area contributed by atoms with Crippen molar-refractivity contribution >= 4 is 0 Å². The van der Waals surface area contributed by atoms with Crippen LogP contribution in [-0.2, 0) is 0 Å². The minimum absolute atomic E-state index is 0.440. The monoisotopic (exact) mass is 215 g/mol. The summed E-state index contributed by atoms with van der Waals surface area (Å²) in [7, 11) is 0. The van der Waals surface area contributed by atoms with Crippen LogP contribution in [0.1, 0.15) is 19.8 Å². The molecule has 44 valence electrons. The minimum atomic E-state index is -0.440. The highest BCUT2D eigenvalue weighted by Crippen LogP contribution is 1.87. The summed E-state index contributed by atoms with van der Waals surface area (Å²) in [4.78, 5) is 0. The normalized spacial score (nSPS) is 12.0. The molecule has 0 heterocycles. The van der Waals surface area contributed by atoms with Gasteiger partial charge < -0.3 is 0 Å². The molecular weight excluding hydrogens is 203 g/mol. The molecule has 0 saturated heterocycles. The highest BCUT2D eigenvalue weighted by Gasteiger charge is 2.21. The van der Waals surface area contributed by atoms with E-state index in [4.69, 9.17) is 11.5 Å². The second kappa shape index (κ2) is 2.84. The Labute approximate surface area is 57.8 Å². The zero-order valence-corrected chi connectivity index (χ0v) is 6.81. The molecule has 3 heteroatoms. The van der Waals surface area contributed by atoms with Crippen LogP contribution in [0.2, 0.25) is 0 Å². The number of hydrogen-bond donors (Lipinski definition) is 2. The van der Waals surface area contributed by atoms with Gasteiger partial charge >= 0.3 is 0 Å². The second-order valence-corrected chi connectivity index (χ2v) is 3.87. The van der Waals surface area contributed by atoms with Crippen molar-refractivity contribution in [2.24, 2.45) is 11.5 Å². The van der Waals surface area contributed by atoms with Crippen LogP contribution >= 0.6 is 0 Å². The highest BCUT2D eigenvalue weighted by atomic mass is 127. The number of hydrogen-bond acceptors (Lipinski definition) is 2. The lowest BCUT2D eigenvalue weighted by atomic mass is 10.3. The molecule has 0 aromatic rings. The molecule has 0 atom stereocenters. The first-order valence-electron chi connectivity index (χ1n) is 2.34. The molecule has 2 nitrogen and oxygen atoms in total. The zero-order valence-electron chi connectivity index (χ0n) is 4.48. The van der Waals surface area contributed by atoms with E-state index in [9.17, 15) is 0 Å². The zero-order chi connectivity index (χ0) is 5.91. The van der Waals surface area contributed by atoms with Crippen molar-refractivity contribution in [2.75, 3.05) is 0 Å². The molecule has 0 radical (unpaired) electrons. The molecule has 0 aliphatic heterocycles. The minimum Gasteiger partial charge on any atom is -0.272 e. The van der Waals surface area contributed by atoms with Crippen LogP contribution in [0.4, 0.5) is 0 Å². The summed E-state index contributed by atoms with van der Waals surface area (Å²) in [5, 5.41) is 0. The summed E-state index contributed by atoms with van der Waals surface area (Å²) in [5.74, 6) is 0. The average Bonchev–Trinajstić information content (AvgIpc) is 1.30. The fourth-order valence-corrected chi connectivity index (χ4v) is 0.973. The molecule has 0 fully saturated rings. The van der Waals surface area contributed by atoms with Gasteiger partial charge in [0.1, 0.15) is 0 Å². The van der Waals surface area contributed by atoms with E-state index in [1.165, 1.54) is 0 Å². The smallest absolute Gasteiger partial charge is 0.272 e. The molecule has 0 rings (SSSR count). The van der Waals surface area contributed by atoms with E-state index in [0.29, 0.717) is 0 Å². The first-order chi connectivity index (χ1) is 3.06. The predicted octanol–water partition coefficient (Wildman–Crippen LogP) is -3.36. The van der Waals surface area contributed by atoms with Crippen LogP contribution < -0.4 is 34.1 Å². The Kier molecular flexibility index (Phi) is 3.10. The van der Waals surface area contributed by atoms with Crippen LogP contribution in [0.25, 0.3) is 0 Å². The summed E-state index contributed by atoms with van der Waals surface area (Å²) in [6.45, 7) is 2.07. The Balaban J connectivity index is 3.15. The lowest BCUT2D eigenvalue weighted by molar-refractivity contribution is -0.477. The van der Waals surface area contributed by atoms with Gasteiger partial charge in [-0.3, -0.25) is 11.5 Å². The summed E-state index contributed by atoms with van der Waals surface area (Å²) in [6, 6.07) is 0. The van der Waals surface area contributed by atoms with Gasteiger partial charge in [-0.1, -0.05) is 6.92 Å². The molecule has 0 unspecified atom stereocenters. The number of nitrogens with two attached hydrogens (primary N) is 2. The van der Waals surface area contributed by atoms with E-state index in [-0.39, 0.29) is 0 Å². The van der Waals surface area contributed by atoms with Crippen LogP contribution in [0.3, 0.4) is 0 Å². The molecule has 0 amide bonds. The van der Waals surface area contributed by atoms with Gasteiger partial charge in [0.15, 0.2) is 0 Å². The maximum Gasteiger partial charge on any atom is 0.294 e. The quantitative estimate of drug-likeness (QED) is 0.219. The van der Waals surface area contributed by atoms with Crippen molar-refractivity contribution < 1.29 is 22.6 Å². The molecule has 4 N–H and O–H groups in total. The number of alkyl halides is 1. The molecule has 7 heavy (non-hydrogen) atoms. The van der Waals surface area contributed by atoms with Crippen LogP contribution in [0.5, 0.6) is 0 Å². The fourth-order valence-electron chi connectivity index (χ4n) is 0.391. The summed E-state index contributed by atoms with van der Waals surface area (Å²) < 4.78 is -0.440. The van der Waals surface area contributed by atoms with Gasteiger partial charge in [-0.2, -0.15) is 0 Å². The molecule has 0 aromatic carbocycles. The van der Waals surface area contributed by atoms with E-state index >= 15 is 0 Å². The van der Waals surface area contributed by atoms with Gasteiger partial charge in [0.05, 0.1) is 0 Å². The van der Waals surface area contributed by atoms with E-state index in [2.05, 4.69) is 6.92 Å². The Morgan fingerprint density at radius 1 is 1.57 bits per heavy atom.